The van der Waals surface area contributed by atoms with Crippen LogP contribution in [0.3, 0.4) is 0 Å². The van der Waals surface area contributed by atoms with Crippen LogP contribution < -0.4 is 30.9 Å². The molecule has 6 heterocycles. The maximum Gasteiger partial charge on any atom is 0.246 e. The molecule has 4 fully saturated rings. The number of phenolic OH excluding ortho intramolecular Hbond substituents is 1. The van der Waals surface area contributed by atoms with E-state index in [0.29, 0.717) is 61.6 Å². The molecule has 3 aromatic carbocycles. The van der Waals surface area contributed by atoms with Crippen LogP contribution >= 0.6 is 11.3 Å². The van der Waals surface area contributed by atoms with Gasteiger partial charge in [0.2, 0.25) is 23.6 Å². The van der Waals surface area contributed by atoms with E-state index in [4.69, 9.17) is 10.5 Å². The highest BCUT2D eigenvalue weighted by molar-refractivity contribution is 7.13. The number of hydrogen-bond donors (Lipinski definition) is 4. The number of thiazole rings is 1. The summed E-state index contributed by atoms with van der Waals surface area (Å²) in [6, 6.07) is 24.8. The van der Waals surface area contributed by atoms with Crippen molar-refractivity contribution in [1.82, 2.24) is 40.5 Å². The zero-order valence-corrected chi connectivity index (χ0v) is 48.4. The van der Waals surface area contributed by atoms with Crippen LogP contribution in [0.15, 0.2) is 84.4 Å². The molecule has 4 aliphatic heterocycles. The van der Waals surface area contributed by atoms with E-state index in [0.717, 1.165) is 143 Å². The van der Waals surface area contributed by atoms with E-state index in [1.165, 1.54) is 5.69 Å². The number of piperazine rings is 2. The minimum Gasteiger partial charge on any atom is -0.507 e. The molecular weight excluding hydrogens is 1030 g/mol. The largest absolute Gasteiger partial charge is 0.507 e. The van der Waals surface area contributed by atoms with Crippen molar-refractivity contribution in [3.8, 4) is 33.2 Å². The fraction of sp³-hybridized carbons (Fsp3) is 0.532. The summed E-state index contributed by atoms with van der Waals surface area (Å²) in [5, 5.41) is 25.2. The van der Waals surface area contributed by atoms with Gasteiger partial charge in [0, 0.05) is 94.6 Å². The van der Waals surface area contributed by atoms with Crippen LogP contribution in [-0.4, -0.2) is 142 Å². The Balaban J connectivity index is 0.617. The lowest BCUT2D eigenvalue weighted by Crippen LogP contribution is -2.57. The number of rotatable bonds is 23. The molecule has 0 aliphatic carbocycles. The van der Waals surface area contributed by atoms with Gasteiger partial charge in [-0.25, -0.2) is 4.98 Å². The molecule has 9 rings (SSSR count). The first-order valence-corrected chi connectivity index (χ1v) is 30.1. The van der Waals surface area contributed by atoms with Crippen LogP contribution in [0.2, 0.25) is 0 Å². The highest BCUT2D eigenvalue weighted by atomic mass is 32.1. The summed E-state index contributed by atoms with van der Waals surface area (Å²) in [4.78, 5) is 70.6. The monoisotopic (exact) mass is 1110 g/mol. The lowest BCUT2D eigenvalue weighted by molar-refractivity contribution is -0.144. The van der Waals surface area contributed by atoms with Crippen LogP contribution in [0.4, 0.5) is 17.2 Å². The number of aromatic hydroxyl groups is 1. The lowest BCUT2D eigenvalue weighted by Gasteiger charge is -2.43. The third kappa shape index (κ3) is 14.4. The number of carbonyl (C=O) groups excluding carboxylic acids is 4. The molecule has 0 saturated carbocycles. The Kier molecular flexibility index (Phi) is 19.3. The van der Waals surface area contributed by atoms with Crippen molar-refractivity contribution in [3.63, 3.8) is 0 Å². The number of para-hydroxylation sites is 1. The maximum atomic E-state index is 14.1. The predicted molar refractivity (Wildman–Crippen MR) is 317 cm³/mol. The predicted octanol–water partition coefficient (Wildman–Crippen LogP) is 9.15. The molecule has 5 aromatic rings. The number of nitrogens with two attached hydrogens (primary N) is 1. The molecule has 4 aliphatic rings. The minimum atomic E-state index is -0.741. The Bertz CT molecular complexity index is 2890. The number of nitrogens with one attached hydrogen (secondary N) is 2. The molecule has 0 radical (unpaired) electrons. The minimum absolute atomic E-state index is 0.137. The van der Waals surface area contributed by atoms with E-state index in [2.05, 4.69) is 70.8 Å². The summed E-state index contributed by atoms with van der Waals surface area (Å²) in [5.41, 5.74) is 14.0. The highest BCUT2D eigenvalue weighted by Gasteiger charge is 2.43. The molecule has 4 amide bonds. The number of nitrogens with zero attached hydrogens (tertiary/aromatic N) is 8. The third-order valence-electron chi connectivity index (χ3n) is 16.6. The zero-order chi connectivity index (χ0) is 56.3. The highest BCUT2D eigenvalue weighted by Crippen LogP contribution is 2.40. The average Bonchev–Trinajstić information content (AvgIpc) is 4.25. The second-order valence-electron chi connectivity index (χ2n) is 23.4. The number of benzene rings is 3. The number of aryl methyl sites for hydroxylation is 1. The molecule has 18 heteroatoms. The van der Waals surface area contributed by atoms with Gasteiger partial charge < -0.3 is 45.8 Å². The van der Waals surface area contributed by atoms with Gasteiger partial charge in [-0.3, -0.25) is 24.1 Å². The van der Waals surface area contributed by atoms with Gasteiger partial charge in [0.05, 0.1) is 33.5 Å². The van der Waals surface area contributed by atoms with Crippen LogP contribution in [0.25, 0.3) is 21.7 Å². The fourth-order valence-electron chi connectivity index (χ4n) is 12.1. The van der Waals surface area contributed by atoms with E-state index in [-0.39, 0.29) is 35.4 Å². The Morgan fingerprint density at radius 1 is 0.812 bits per heavy atom. The second-order valence-corrected chi connectivity index (χ2v) is 24.3. The first-order valence-electron chi connectivity index (χ1n) is 29.2. The van der Waals surface area contributed by atoms with E-state index >= 15 is 0 Å². The molecule has 5 atom stereocenters. The first kappa shape index (κ1) is 57.9. The van der Waals surface area contributed by atoms with Gasteiger partial charge in [-0.1, -0.05) is 95.3 Å². The standard InChI is InChI=1S/C62H83N11O6S/c1-42(44-24-26-45(27-25-44)57-43(2)64-41-80-57)65-60(77)52-20-16-30-72(52)61(78)58(62(3,4)5)66-55(75)22-11-9-7-6-8-10-12-23-56(76)70-33-31-69(32-34-70)35-36-79-49-18-15-17-46(37-49)73-47-28-29-48(73)40-71(39-47)53-38-51(67-68-59(53)63)50-19-13-14-21-54(50)74/h13-15,17-19,21,24-27,37-38,41-42,47-48,52,58,74H,6-12,16,20,22-23,28-36,39-40H2,1-5H3,(H2,63,68)(H,65,77)(H,66,75)/t42-,47?,48?,52-,58+/m0/s1. The van der Waals surface area contributed by atoms with Crippen LogP contribution in [-0.2, 0) is 19.2 Å². The smallest absolute Gasteiger partial charge is 0.246 e. The number of amides is 4. The van der Waals surface area contributed by atoms with Gasteiger partial charge in [0.25, 0.3) is 0 Å². The summed E-state index contributed by atoms with van der Waals surface area (Å²) in [6.45, 7) is 16.4. The van der Waals surface area contributed by atoms with Crippen molar-refractivity contribution in [1.29, 1.82) is 0 Å². The summed E-state index contributed by atoms with van der Waals surface area (Å²) >= 11 is 1.61. The molecule has 2 unspecified atom stereocenters. The number of unbranched alkanes of at least 4 members (excludes halogenated alkanes) is 6. The SMILES string of the molecule is Cc1ncsc1-c1ccc([C@H](C)NC(=O)[C@@H]2CCCN2C(=O)[C@@H](NC(=O)CCCCCCCCCC(=O)N2CCN(CCOc3cccc(N4C5CCC4CN(c4cc(-c6ccccc6O)nnc4N)C5)c3)CC2)C(C)(C)C)cc1. The van der Waals surface area contributed by atoms with Gasteiger partial charge >= 0.3 is 0 Å². The van der Waals surface area contributed by atoms with Crippen LogP contribution in [0.1, 0.15) is 128 Å². The van der Waals surface area contributed by atoms with Crippen molar-refractivity contribution in [2.24, 2.45) is 5.41 Å². The van der Waals surface area contributed by atoms with Gasteiger partial charge in [-0.15, -0.1) is 21.5 Å². The molecule has 5 N–H and O–H groups in total. The Morgan fingerprint density at radius 2 is 1.51 bits per heavy atom. The third-order valence-corrected chi connectivity index (χ3v) is 17.6. The molecule has 17 nitrogen and oxygen atoms in total. The summed E-state index contributed by atoms with van der Waals surface area (Å²) < 4.78 is 6.33. The second kappa shape index (κ2) is 26.7. The average molecular weight is 1110 g/mol. The number of phenols is 1. The normalized spacial score (nSPS) is 19.2. The van der Waals surface area contributed by atoms with E-state index in [1.807, 2.05) is 81.4 Å². The number of nitrogen functional groups attached to an aromatic ring is 1. The molecule has 2 bridgehead atoms. The maximum absolute atomic E-state index is 14.1. The van der Waals surface area contributed by atoms with Crippen molar-refractivity contribution in [3.05, 3.63) is 95.6 Å². The molecule has 428 valence electrons. The van der Waals surface area contributed by atoms with Gasteiger partial charge in [-0.05, 0) is 99.2 Å². The van der Waals surface area contributed by atoms with Crippen LogP contribution in [0.5, 0.6) is 11.5 Å². The number of likely N-dealkylation sites (tertiary alicyclic amines) is 1. The topological polar surface area (TPSA) is 203 Å². The van der Waals surface area contributed by atoms with Gasteiger partial charge in [-0.2, -0.15) is 0 Å². The number of ether oxygens (including phenoxy) is 1. The molecule has 4 saturated heterocycles. The van der Waals surface area contributed by atoms with E-state index in [9.17, 15) is 24.3 Å². The number of carbonyl (C=O) groups is 4. The van der Waals surface area contributed by atoms with E-state index < -0.39 is 17.5 Å². The zero-order valence-electron chi connectivity index (χ0n) is 47.6. The van der Waals surface area contributed by atoms with E-state index in [1.54, 1.807) is 28.4 Å². The number of anilines is 3. The summed E-state index contributed by atoms with van der Waals surface area (Å²) in [6.07, 6.45) is 11.1. The van der Waals surface area contributed by atoms with Gasteiger partial charge in [0.15, 0.2) is 5.82 Å². The quantitative estimate of drug-likeness (QED) is 0.0452. The van der Waals surface area contributed by atoms with Crippen molar-refractivity contribution >= 4 is 52.2 Å². The number of hydrogen-bond acceptors (Lipinski definition) is 14. The Morgan fingerprint density at radius 3 is 2.20 bits per heavy atom. The van der Waals surface area contributed by atoms with Crippen molar-refractivity contribution in [2.45, 2.75) is 148 Å². The van der Waals surface area contributed by atoms with Crippen LogP contribution in [0, 0.1) is 12.3 Å². The summed E-state index contributed by atoms with van der Waals surface area (Å²) in [5.74, 6) is 1.14. The van der Waals surface area contributed by atoms with Crippen molar-refractivity contribution < 1.29 is 29.0 Å². The molecule has 0 spiro atoms. The van der Waals surface area contributed by atoms with Crippen molar-refractivity contribution in [2.75, 3.05) is 74.5 Å². The number of fused-ring (bicyclic) bond motifs is 2. The van der Waals surface area contributed by atoms with Gasteiger partial charge in [0.1, 0.15) is 30.2 Å². The molecule has 80 heavy (non-hydrogen) atoms. The summed E-state index contributed by atoms with van der Waals surface area (Å²) in [7, 11) is 0. The number of aromatic nitrogens is 3. The Labute approximate surface area is 476 Å². The Hall–Kier alpha value is -6.79. The molecule has 2 aromatic heterocycles. The first-order chi connectivity index (χ1) is 38.6. The molecular formula is C62H83N11O6S. The lowest BCUT2D eigenvalue weighted by atomic mass is 9.85. The fourth-order valence-corrected chi connectivity index (χ4v) is 12.9.